The molecular formula is C12H17FN2O. The monoisotopic (exact) mass is 224 g/mol. The van der Waals surface area contributed by atoms with Crippen LogP contribution < -0.4 is 4.74 Å². The Bertz CT molecular complexity index is 328. The van der Waals surface area contributed by atoms with Crippen molar-refractivity contribution in [3.8, 4) is 5.75 Å². The minimum Gasteiger partial charge on any atom is -0.490 e. The molecule has 0 spiro atoms. The Labute approximate surface area is 95.2 Å². The Balaban J connectivity index is 1.77. The summed E-state index contributed by atoms with van der Waals surface area (Å²) in [6.07, 6.45) is 3.79. The first-order valence-corrected chi connectivity index (χ1v) is 5.78. The van der Waals surface area contributed by atoms with Crippen LogP contribution in [0.25, 0.3) is 0 Å². The van der Waals surface area contributed by atoms with Crippen molar-refractivity contribution in [1.82, 2.24) is 9.88 Å². The lowest BCUT2D eigenvalue weighted by Crippen LogP contribution is -2.50. The highest BCUT2D eigenvalue weighted by molar-refractivity contribution is 5.16. The van der Waals surface area contributed by atoms with E-state index in [1.807, 2.05) is 0 Å². The molecule has 3 nitrogen and oxygen atoms in total. The van der Waals surface area contributed by atoms with Gasteiger partial charge in [0.25, 0.3) is 0 Å². The van der Waals surface area contributed by atoms with Crippen molar-refractivity contribution in [2.45, 2.75) is 25.8 Å². The van der Waals surface area contributed by atoms with Crippen molar-refractivity contribution >= 4 is 0 Å². The van der Waals surface area contributed by atoms with Crippen molar-refractivity contribution in [3.05, 3.63) is 24.3 Å². The van der Waals surface area contributed by atoms with E-state index in [0.29, 0.717) is 18.4 Å². The van der Waals surface area contributed by atoms with Gasteiger partial charge in [0, 0.05) is 12.6 Å². The Morgan fingerprint density at radius 3 is 3.00 bits per heavy atom. The van der Waals surface area contributed by atoms with E-state index >= 15 is 0 Å². The molecule has 1 saturated heterocycles. The molecule has 1 atom stereocenters. The van der Waals surface area contributed by atoms with Gasteiger partial charge in [0.05, 0.1) is 6.20 Å². The van der Waals surface area contributed by atoms with Gasteiger partial charge in [-0.2, -0.15) is 4.39 Å². The summed E-state index contributed by atoms with van der Waals surface area (Å²) >= 11 is 0. The van der Waals surface area contributed by atoms with Gasteiger partial charge in [-0.15, -0.1) is 0 Å². The highest BCUT2D eigenvalue weighted by Gasteiger charge is 2.27. The zero-order chi connectivity index (χ0) is 11.4. The lowest BCUT2D eigenvalue weighted by Gasteiger charge is -2.40. The second-order valence-electron chi connectivity index (χ2n) is 4.11. The third-order valence-electron chi connectivity index (χ3n) is 2.92. The highest BCUT2D eigenvalue weighted by atomic mass is 19.1. The predicted octanol–water partition coefficient (Wildman–Crippen LogP) is 2.08. The molecule has 1 aliphatic rings. The molecule has 88 valence electrons. The van der Waals surface area contributed by atoms with Gasteiger partial charge in [0.2, 0.25) is 5.95 Å². The van der Waals surface area contributed by atoms with Gasteiger partial charge >= 0.3 is 0 Å². The summed E-state index contributed by atoms with van der Waals surface area (Å²) in [6, 6.07) is 3.45. The number of hydrogen-bond donors (Lipinski definition) is 0. The summed E-state index contributed by atoms with van der Waals surface area (Å²) in [7, 11) is 0. The maximum atomic E-state index is 12.6. The fourth-order valence-corrected chi connectivity index (χ4v) is 1.90. The Hall–Kier alpha value is -1.16. The van der Waals surface area contributed by atoms with Crippen LogP contribution in [0.4, 0.5) is 4.39 Å². The summed E-state index contributed by atoms with van der Waals surface area (Å²) < 4.78 is 18.1. The van der Waals surface area contributed by atoms with E-state index in [0.717, 1.165) is 6.54 Å². The third-order valence-corrected chi connectivity index (χ3v) is 2.92. The summed E-state index contributed by atoms with van der Waals surface area (Å²) in [5.41, 5.74) is 0. The number of pyridine rings is 1. The van der Waals surface area contributed by atoms with Crippen molar-refractivity contribution in [2.24, 2.45) is 0 Å². The Kier molecular flexibility index (Phi) is 3.72. The van der Waals surface area contributed by atoms with E-state index in [1.165, 1.54) is 31.6 Å². The normalized spacial score (nSPS) is 20.5. The second kappa shape index (κ2) is 5.25. The van der Waals surface area contributed by atoms with Gasteiger partial charge in [0.15, 0.2) is 0 Å². The molecule has 0 bridgehead atoms. The molecule has 4 heteroatoms. The van der Waals surface area contributed by atoms with Crippen molar-refractivity contribution in [2.75, 3.05) is 19.7 Å². The molecule has 0 unspecified atom stereocenters. The Morgan fingerprint density at radius 1 is 1.56 bits per heavy atom. The Morgan fingerprint density at radius 2 is 2.44 bits per heavy atom. The first-order chi connectivity index (χ1) is 7.79. The number of halogens is 1. The van der Waals surface area contributed by atoms with Gasteiger partial charge in [-0.05, 0) is 31.5 Å². The number of aromatic nitrogens is 1. The summed E-state index contributed by atoms with van der Waals surface area (Å²) in [5.74, 6) is 0.174. The van der Waals surface area contributed by atoms with E-state index in [2.05, 4.69) is 16.8 Å². The first kappa shape index (κ1) is 11.3. The number of hydrogen-bond acceptors (Lipinski definition) is 3. The van der Waals surface area contributed by atoms with E-state index < -0.39 is 5.95 Å². The van der Waals surface area contributed by atoms with Gasteiger partial charge in [-0.1, -0.05) is 6.92 Å². The van der Waals surface area contributed by atoms with E-state index in [-0.39, 0.29) is 0 Å². The van der Waals surface area contributed by atoms with Gasteiger partial charge < -0.3 is 4.74 Å². The molecule has 2 heterocycles. The molecule has 16 heavy (non-hydrogen) atoms. The molecule has 2 rings (SSSR count). The van der Waals surface area contributed by atoms with Crippen LogP contribution in [-0.4, -0.2) is 35.6 Å². The van der Waals surface area contributed by atoms with E-state index in [1.54, 1.807) is 6.07 Å². The molecule has 0 radical (unpaired) electrons. The fraction of sp³-hybridized carbons (Fsp3) is 0.583. The van der Waals surface area contributed by atoms with Crippen LogP contribution in [0, 0.1) is 5.95 Å². The quantitative estimate of drug-likeness (QED) is 0.716. The summed E-state index contributed by atoms with van der Waals surface area (Å²) in [4.78, 5) is 5.96. The number of likely N-dealkylation sites (tertiary alicyclic amines) is 1. The highest BCUT2D eigenvalue weighted by Crippen LogP contribution is 2.19. The zero-order valence-corrected chi connectivity index (χ0v) is 9.53. The van der Waals surface area contributed by atoms with Crippen LogP contribution in [0.1, 0.15) is 19.8 Å². The summed E-state index contributed by atoms with van der Waals surface area (Å²) in [5, 5.41) is 0. The topological polar surface area (TPSA) is 25.4 Å². The van der Waals surface area contributed by atoms with Gasteiger partial charge in [-0.3, -0.25) is 4.90 Å². The van der Waals surface area contributed by atoms with Crippen LogP contribution in [0.2, 0.25) is 0 Å². The molecule has 0 saturated carbocycles. The largest absolute Gasteiger partial charge is 0.490 e. The molecule has 1 aliphatic heterocycles. The summed E-state index contributed by atoms with van der Waals surface area (Å²) in [6.45, 7) is 5.16. The molecule has 1 aromatic rings. The van der Waals surface area contributed by atoms with Crippen LogP contribution in [-0.2, 0) is 0 Å². The molecule has 0 N–H and O–H groups in total. The van der Waals surface area contributed by atoms with E-state index in [9.17, 15) is 4.39 Å². The maximum absolute atomic E-state index is 12.6. The minimum absolute atomic E-state index is 0.469. The lowest BCUT2D eigenvalue weighted by atomic mass is 10.0. The number of nitrogens with zero attached hydrogens (tertiary/aromatic N) is 2. The van der Waals surface area contributed by atoms with Gasteiger partial charge in [-0.25, -0.2) is 4.98 Å². The van der Waals surface area contributed by atoms with Crippen LogP contribution in [0.5, 0.6) is 5.75 Å². The molecule has 0 aliphatic carbocycles. The predicted molar refractivity (Wildman–Crippen MR) is 60.0 cm³/mol. The van der Waals surface area contributed by atoms with Gasteiger partial charge in [0.1, 0.15) is 12.4 Å². The maximum Gasteiger partial charge on any atom is 0.213 e. The molecular weight excluding hydrogens is 207 g/mol. The van der Waals surface area contributed by atoms with Crippen molar-refractivity contribution < 1.29 is 9.13 Å². The third kappa shape index (κ3) is 2.70. The van der Waals surface area contributed by atoms with Crippen LogP contribution >= 0.6 is 0 Å². The SMILES string of the molecule is CCCN1CC[C@H]1COc1ccc(F)nc1. The van der Waals surface area contributed by atoms with Crippen LogP contribution in [0.15, 0.2) is 18.3 Å². The number of rotatable bonds is 5. The molecule has 0 aromatic carbocycles. The lowest BCUT2D eigenvalue weighted by molar-refractivity contribution is 0.0508. The first-order valence-electron chi connectivity index (χ1n) is 5.78. The average molecular weight is 224 g/mol. The average Bonchev–Trinajstić information content (AvgIpc) is 2.27. The van der Waals surface area contributed by atoms with Crippen molar-refractivity contribution in [1.29, 1.82) is 0 Å². The second-order valence-corrected chi connectivity index (χ2v) is 4.11. The fourth-order valence-electron chi connectivity index (χ4n) is 1.90. The molecule has 0 amide bonds. The standard InChI is InChI=1S/C12H17FN2O/c1-2-6-15-7-5-10(15)9-16-11-3-4-12(13)14-8-11/h3-4,8,10H,2,5-7,9H2,1H3/t10-/m0/s1. The van der Waals surface area contributed by atoms with Crippen LogP contribution in [0.3, 0.4) is 0 Å². The minimum atomic E-state index is -0.469. The number of ether oxygens (including phenoxy) is 1. The van der Waals surface area contributed by atoms with E-state index in [4.69, 9.17) is 4.74 Å². The zero-order valence-electron chi connectivity index (χ0n) is 9.53. The van der Waals surface area contributed by atoms with Crippen molar-refractivity contribution in [3.63, 3.8) is 0 Å². The smallest absolute Gasteiger partial charge is 0.213 e. The molecule has 1 fully saturated rings. The molecule has 1 aromatic heterocycles.